The van der Waals surface area contributed by atoms with Gasteiger partial charge in [0, 0.05) is 30.9 Å². The summed E-state index contributed by atoms with van der Waals surface area (Å²) in [5, 5.41) is 0. The van der Waals surface area contributed by atoms with Crippen LogP contribution in [-0.2, 0) is 0 Å². The Balaban J connectivity index is 1.98. The number of hydrogen-bond donors (Lipinski definition) is 0. The molecule has 0 aromatic heterocycles. The van der Waals surface area contributed by atoms with Crippen molar-refractivity contribution < 1.29 is 19.0 Å². The lowest BCUT2D eigenvalue weighted by atomic mass is 9.95. The Hall–Kier alpha value is -3.73. The van der Waals surface area contributed by atoms with Gasteiger partial charge in [0.15, 0.2) is 17.3 Å². The van der Waals surface area contributed by atoms with E-state index in [1.54, 1.807) is 33.5 Å². The van der Waals surface area contributed by atoms with Gasteiger partial charge in [0.1, 0.15) is 0 Å². The highest BCUT2D eigenvalue weighted by Gasteiger charge is 2.20. The van der Waals surface area contributed by atoms with E-state index < -0.39 is 0 Å². The lowest BCUT2D eigenvalue weighted by molar-refractivity contribution is 0.104. The molecule has 0 aliphatic heterocycles. The molecule has 0 aliphatic carbocycles. The summed E-state index contributed by atoms with van der Waals surface area (Å²) >= 11 is 0. The summed E-state index contributed by atoms with van der Waals surface area (Å²) in [6.45, 7) is 0. The third-order valence-electron chi connectivity index (χ3n) is 5.02. The van der Waals surface area contributed by atoms with Crippen LogP contribution in [0.15, 0.2) is 66.7 Å². The molecule has 0 atom stereocenters. The SMILES string of the molecule is COc1ccc(-c2ccccc2C(=O)/C=C/c2ccc(N(C)C)cc2)c(OC)c1OC. The molecule has 0 heterocycles. The van der Waals surface area contributed by atoms with Crippen molar-refractivity contribution in [2.24, 2.45) is 0 Å². The number of anilines is 1. The molecule has 31 heavy (non-hydrogen) atoms. The van der Waals surface area contributed by atoms with Crippen molar-refractivity contribution in [3.8, 4) is 28.4 Å². The van der Waals surface area contributed by atoms with E-state index in [9.17, 15) is 4.79 Å². The van der Waals surface area contributed by atoms with Crippen LogP contribution >= 0.6 is 0 Å². The summed E-state index contributed by atoms with van der Waals surface area (Å²) in [6.07, 6.45) is 3.42. The van der Waals surface area contributed by atoms with E-state index >= 15 is 0 Å². The molecule has 160 valence electrons. The number of ether oxygens (including phenoxy) is 3. The van der Waals surface area contributed by atoms with Crippen molar-refractivity contribution >= 4 is 17.5 Å². The number of rotatable bonds is 8. The van der Waals surface area contributed by atoms with E-state index in [0.29, 0.717) is 22.8 Å². The number of ketones is 1. The highest BCUT2D eigenvalue weighted by molar-refractivity contribution is 6.11. The van der Waals surface area contributed by atoms with Gasteiger partial charge in [-0.25, -0.2) is 0 Å². The van der Waals surface area contributed by atoms with Crippen molar-refractivity contribution in [1.29, 1.82) is 0 Å². The number of allylic oxidation sites excluding steroid dienone is 1. The Labute approximate surface area is 183 Å². The first kappa shape index (κ1) is 22.0. The first-order valence-corrected chi connectivity index (χ1v) is 9.88. The number of carbonyl (C=O) groups excluding carboxylic acids is 1. The molecule has 0 aliphatic rings. The van der Waals surface area contributed by atoms with Gasteiger partial charge in [-0.1, -0.05) is 42.5 Å². The fourth-order valence-electron chi connectivity index (χ4n) is 3.39. The molecular formula is C26H27NO4. The van der Waals surface area contributed by atoms with Gasteiger partial charge in [-0.2, -0.15) is 0 Å². The van der Waals surface area contributed by atoms with E-state index in [-0.39, 0.29) is 5.78 Å². The number of nitrogens with zero attached hydrogens (tertiary/aromatic N) is 1. The number of methoxy groups -OCH3 is 3. The van der Waals surface area contributed by atoms with Crippen LogP contribution in [0.1, 0.15) is 15.9 Å². The second-order valence-electron chi connectivity index (χ2n) is 7.11. The van der Waals surface area contributed by atoms with Crippen molar-refractivity contribution in [2.75, 3.05) is 40.3 Å². The summed E-state index contributed by atoms with van der Waals surface area (Å²) in [5.41, 5.74) is 4.16. The Morgan fingerprint density at radius 3 is 2.06 bits per heavy atom. The lowest BCUT2D eigenvalue weighted by Gasteiger charge is -2.17. The highest BCUT2D eigenvalue weighted by Crippen LogP contribution is 2.45. The summed E-state index contributed by atoms with van der Waals surface area (Å²) in [6, 6.07) is 19.2. The molecule has 0 amide bonds. The zero-order valence-electron chi connectivity index (χ0n) is 18.5. The minimum atomic E-state index is -0.0934. The minimum absolute atomic E-state index is 0.0934. The molecule has 0 saturated heterocycles. The van der Waals surface area contributed by atoms with E-state index in [0.717, 1.165) is 22.4 Å². The van der Waals surface area contributed by atoms with E-state index in [1.807, 2.05) is 79.7 Å². The Morgan fingerprint density at radius 1 is 0.774 bits per heavy atom. The zero-order valence-corrected chi connectivity index (χ0v) is 18.5. The fraction of sp³-hybridized carbons (Fsp3) is 0.192. The van der Waals surface area contributed by atoms with Crippen LogP contribution in [0.3, 0.4) is 0 Å². The fourth-order valence-corrected chi connectivity index (χ4v) is 3.39. The normalized spacial score (nSPS) is 10.7. The molecule has 5 nitrogen and oxygen atoms in total. The second-order valence-corrected chi connectivity index (χ2v) is 7.11. The zero-order chi connectivity index (χ0) is 22.4. The maximum atomic E-state index is 13.1. The quantitative estimate of drug-likeness (QED) is 0.366. The highest BCUT2D eigenvalue weighted by atomic mass is 16.5. The lowest BCUT2D eigenvalue weighted by Crippen LogP contribution is -2.07. The van der Waals surface area contributed by atoms with Gasteiger partial charge in [0.2, 0.25) is 5.75 Å². The van der Waals surface area contributed by atoms with Crippen LogP contribution in [0.2, 0.25) is 0 Å². The van der Waals surface area contributed by atoms with E-state index in [4.69, 9.17) is 14.2 Å². The van der Waals surface area contributed by atoms with Crippen molar-refractivity contribution in [3.05, 3.63) is 77.9 Å². The molecular weight excluding hydrogens is 390 g/mol. The molecule has 0 spiro atoms. The minimum Gasteiger partial charge on any atom is -0.493 e. The second kappa shape index (κ2) is 9.85. The van der Waals surface area contributed by atoms with Crippen LogP contribution in [0, 0.1) is 0 Å². The van der Waals surface area contributed by atoms with Gasteiger partial charge in [0.05, 0.1) is 21.3 Å². The third kappa shape index (κ3) is 4.72. The van der Waals surface area contributed by atoms with Gasteiger partial charge in [-0.05, 0) is 41.5 Å². The first-order valence-electron chi connectivity index (χ1n) is 9.88. The van der Waals surface area contributed by atoms with Gasteiger partial charge in [0.25, 0.3) is 0 Å². The van der Waals surface area contributed by atoms with Crippen LogP contribution < -0.4 is 19.1 Å². The Kier molecular flexibility index (Phi) is 6.98. The van der Waals surface area contributed by atoms with E-state index in [1.165, 1.54) is 0 Å². The molecule has 0 radical (unpaired) electrons. The molecule has 3 aromatic carbocycles. The Morgan fingerprint density at radius 2 is 1.45 bits per heavy atom. The topological polar surface area (TPSA) is 48.0 Å². The predicted octanol–water partition coefficient (Wildman–Crippen LogP) is 5.34. The monoisotopic (exact) mass is 417 g/mol. The number of carbonyl (C=O) groups is 1. The van der Waals surface area contributed by atoms with Crippen LogP contribution in [0.4, 0.5) is 5.69 Å². The molecule has 3 rings (SSSR count). The molecule has 0 N–H and O–H groups in total. The number of benzene rings is 3. The molecule has 0 saturated carbocycles. The average molecular weight is 418 g/mol. The third-order valence-corrected chi connectivity index (χ3v) is 5.02. The van der Waals surface area contributed by atoms with Crippen LogP contribution in [-0.4, -0.2) is 41.2 Å². The van der Waals surface area contributed by atoms with Crippen LogP contribution in [0.5, 0.6) is 17.2 Å². The average Bonchev–Trinajstić information content (AvgIpc) is 2.81. The van der Waals surface area contributed by atoms with Gasteiger partial charge >= 0.3 is 0 Å². The van der Waals surface area contributed by atoms with Crippen LogP contribution in [0.25, 0.3) is 17.2 Å². The largest absolute Gasteiger partial charge is 0.493 e. The molecule has 0 fully saturated rings. The van der Waals surface area contributed by atoms with Gasteiger partial charge < -0.3 is 19.1 Å². The number of hydrogen-bond acceptors (Lipinski definition) is 5. The van der Waals surface area contributed by atoms with Gasteiger partial charge in [-0.15, -0.1) is 0 Å². The first-order chi connectivity index (χ1) is 15.0. The summed E-state index contributed by atoms with van der Waals surface area (Å²) in [7, 11) is 8.69. The maximum Gasteiger partial charge on any atom is 0.203 e. The van der Waals surface area contributed by atoms with Gasteiger partial charge in [-0.3, -0.25) is 4.79 Å². The summed E-state index contributed by atoms with van der Waals surface area (Å²) < 4.78 is 16.5. The predicted molar refractivity (Wildman–Crippen MR) is 126 cm³/mol. The summed E-state index contributed by atoms with van der Waals surface area (Å²) in [5.74, 6) is 1.48. The molecule has 0 unspecified atom stereocenters. The maximum absolute atomic E-state index is 13.1. The molecule has 5 heteroatoms. The van der Waals surface area contributed by atoms with Crippen molar-refractivity contribution in [2.45, 2.75) is 0 Å². The standard InChI is InChI=1S/C26H27NO4/c1-27(2)19-13-10-18(11-14-19)12-16-23(28)21-9-7-6-8-20(21)22-15-17-24(29-3)26(31-5)25(22)30-4/h6-17H,1-5H3/b16-12+. The summed E-state index contributed by atoms with van der Waals surface area (Å²) in [4.78, 5) is 15.1. The molecule has 0 bridgehead atoms. The van der Waals surface area contributed by atoms with Crippen molar-refractivity contribution in [3.63, 3.8) is 0 Å². The molecule has 3 aromatic rings. The smallest absolute Gasteiger partial charge is 0.203 e. The Bertz CT molecular complexity index is 1090. The van der Waals surface area contributed by atoms with Crippen molar-refractivity contribution in [1.82, 2.24) is 0 Å². The van der Waals surface area contributed by atoms with E-state index in [2.05, 4.69) is 0 Å².